The van der Waals surface area contributed by atoms with Gasteiger partial charge in [0.25, 0.3) is 0 Å². The average Bonchev–Trinajstić information content (AvgIpc) is 2.29. The van der Waals surface area contributed by atoms with Gasteiger partial charge in [-0.05, 0) is 49.2 Å². The van der Waals surface area contributed by atoms with Gasteiger partial charge in [0.05, 0.1) is 6.61 Å². The van der Waals surface area contributed by atoms with Crippen LogP contribution < -0.4 is 0 Å². The molecule has 0 spiro atoms. The average molecular weight is 234 g/mol. The molecule has 0 saturated heterocycles. The summed E-state index contributed by atoms with van der Waals surface area (Å²) in [5.74, 6) is 0.702. The van der Waals surface area contributed by atoms with Gasteiger partial charge in [0.15, 0.2) is 5.78 Å². The van der Waals surface area contributed by atoms with E-state index in [9.17, 15) is 9.90 Å². The van der Waals surface area contributed by atoms with Crippen molar-refractivity contribution in [1.29, 1.82) is 0 Å². The largest absolute Gasteiger partial charge is 0.392 e. The number of hydrogen-bond acceptors (Lipinski definition) is 2. The predicted molar refractivity (Wildman–Crippen MR) is 68.6 cm³/mol. The molecule has 0 aromatic carbocycles. The van der Waals surface area contributed by atoms with E-state index in [2.05, 4.69) is 13.8 Å². The Balaban J connectivity index is 2.35. The monoisotopic (exact) mass is 234 g/mol. The third kappa shape index (κ3) is 2.11. The number of carbonyl (C=O) groups excluding carboxylic acids is 1. The van der Waals surface area contributed by atoms with E-state index < -0.39 is 0 Å². The molecule has 2 aliphatic rings. The van der Waals surface area contributed by atoms with E-state index in [1.54, 1.807) is 0 Å². The summed E-state index contributed by atoms with van der Waals surface area (Å²) in [6.45, 7) is 6.64. The minimum absolute atomic E-state index is 0.137. The molecule has 1 N–H and O–H groups in total. The van der Waals surface area contributed by atoms with Crippen LogP contribution in [0.1, 0.15) is 46.5 Å². The van der Waals surface area contributed by atoms with Gasteiger partial charge in [-0.3, -0.25) is 4.79 Å². The molecule has 0 aliphatic heterocycles. The summed E-state index contributed by atoms with van der Waals surface area (Å²) in [5, 5.41) is 9.25. The molecule has 0 heterocycles. The Hall–Kier alpha value is -0.890. The summed E-state index contributed by atoms with van der Waals surface area (Å²) in [6.07, 6.45) is 5.56. The molecule has 0 amide bonds. The van der Waals surface area contributed by atoms with E-state index in [1.807, 2.05) is 13.0 Å². The molecule has 0 bridgehead atoms. The second-order valence-corrected chi connectivity index (χ2v) is 5.88. The third-order valence-corrected chi connectivity index (χ3v) is 4.78. The van der Waals surface area contributed by atoms with Crippen molar-refractivity contribution in [3.63, 3.8) is 0 Å². The maximum Gasteiger partial charge on any atom is 0.155 e. The highest BCUT2D eigenvalue weighted by Gasteiger charge is 2.42. The van der Waals surface area contributed by atoms with Crippen molar-refractivity contribution in [2.75, 3.05) is 6.61 Å². The van der Waals surface area contributed by atoms with Crippen LogP contribution in [0.3, 0.4) is 0 Å². The van der Waals surface area contributed by atoms with Crippen LogP contribution in [0.15, 0.2) is 22.8 Å². The highest BCUT2D eigenvalue weighted by molar-refractivity contribution is 5.92. The van der Waals surface area contributed by atoms with Crippen molar-refractivity contribution in [2.24, 2.45) is 11.3 Å². The molecular weight excluding hydrogens is 212 g/mol. The van der Waals surface area contributed by atoms with E-state index in [0.29, 0.717) is 12.3 Å². The van der Waals surface area contributed by atoms with Gasteiger partial charge in [0.1, 0.15) is 0 Å². The lowest BCUT2D eigenvalue weighted by Crippen LogP contribution is -2.36. The predicted octanol–water partition coefficient (Wildman–Crippen LogP) is 3.02. The van der Waals surface area contributed by atoms with Crippen LogP contribution in [0.25, 0.3) is 0 Å². The first-order valence-corrected chi connectivity index (χ1v) is 6.49. The molecule has 0 unspecified atom stereocenters. The Morgan fingerprint density at radius 2 is 2.24 bits per heavy atom. The van der Waals surface area contributed by atoms with Crippen molar-refractivity contribution < 1.29 is 9.90 Å². The van der Waals surface area contributed by atoms with Crippen molar-refractivity contribution in [3.8, 4) is 0 Å². The molecule has 2 aliphatic carbocycles. The lowest BCUT2D eigenvalue weighted by Gasteiger charge is -2.45. The topological polar surface area (TPSA) is 37.3 Å². The van der Waals surface area contributed by atoms with Crippen LogP contribution in [0.5, 0.6) is 0 Å². The first-order chi connectivity index (χ1) is 7.97. The second kappa shape index (κ2) is 4.41. The zero-order valence-electron chi connectivity index (χ0n) is 11.0. The van der Waals surface area contributed by atoms with Crippen molar-refractivity contribution >= 4 is 5.78 Å². The number of aliphatic hydroxyl groups excluding tert-OH is 1. The van der Waals surface area contributed by atoms with E-state index in [1.165, 1.54) is 11.1 Å². The fourth-order valence-electron chi connectivity index (χ4n) is 3.20. The number of fused-ring (bicyclic) bond motifs is 1. The highest BCUT2D eigenvalue weighted by atomic mass is 16.3. The smallest absolute Gasteiger partial charge is 0.155 e. The number of hydrogen-bond donors (Lipinski definition) is 1. The van der Waals surface area contributed by atoms with Crippen LogP contribution in [-0.2, 0) is 4.79 Å². The zero-order chi connectivity index (χ0) is 12.6. The summed E-state index contributed by atoms with van der Waals surface area (Å²) in [7, 11) is 0. The summed E-state index contributed by atoms with van der Waals surface area (Å²) >= 11 is 0. The Morgan fingerprint density at radius 3 is 2.88 bits per heavy atom. The molecule has 2 rings (SSSR count). The molecule has 1 saturated carbocycles. The molecule has 0 radical (unpaired) electrons. The summed E-state index contributed by atoms with van der Waals surface area (Å²) in [5.41, 5.74) is 3.98. The number of ketones is 1. The van der Waals surface area contributed by atoms with E-state index in [0.717, 1.165) is 24.8 Å². The molecule has 0 aromatic rings. The van der Waals surface area contributed by atoms with Gasteiger partial charge >= 0.3 is 0 Å². The molecule has 2 heteroatoms. The van der Waals surface area contributed by atoms with Gasteiger partial charge in [-0.1, -0.05) is 25.0 Å². The Bertz CT molecular complexity index is 403. The molecule has 1 fully saturated rings. The first kappa shape index (κ1) is 12.6. The van der Waals surface area contributed by atoms with E-state index >= 15 is 0 Å². The van der Waals surface area contributed by atoms with E-state index in [4.69, 9.17) is 0 Å². The quantitative estimate of drug-likeness (QED) is 0.708. The summed E-state index contributed by atoms with van der Waals surface area (Å²) in [6, 6.07) is 0. The summed E-state index contributed by atoms with van der Waals surface area (Å²) < 4.78 is 0. The lowest BCUT2D eigenvalue weighted by atomic mass is 9.59. The third-order valence-electron chi connectivity index (χ3n) is 4.78. The van der Waals surface area contributed by atoms with Crippen LogP contribution in [0.4, 0.5) is 0 Å². The fourth-order valence-corrected chi connectivity index (χ4v) is 3.20. The maximum absolute atomic E-state index is 11.6. The minimum Gasteiger partial charge on any atom is -0.392 e. The van der Waals surface area contributed by atoms with Crippen molar-refractivity contribution in [3.05, 3.63) is 22.8 Å². The molecule has 0 aromatic heterocycles. The fraction of sp³-hybridized carbons (Fsp3) is 0.667. The maximum atomic E-state index is 11.6. The van der Waals surface area contributed by atoms with Gasteiger partial charge < -0.3 is 5.11 Å². The van der Waals surface area contributed by atoms with Crippen LogP contribution in [0.2, 0.25) is 0 Å². The van der Waals surface area contributed by atoms with Gasteiger partial charge in [-0.25, -0.2) is 0 Å². The van der Waals surface area contributed by atoms with Gasteiger partial charge in [0.2, 0.25) is 0 Å². The minimum atomic E-state index is 0.137. The lowest BCUT2D eigenvalue weighted by molar-refractivity contribution is -0.117. The van der Waals surface area contributed by atoms with Gasteiger partial charge in [-0.2, -0.15) is 0 Å². The zero-order valence-corrected chi connectivity index (χ0v) is 11.0. The van der Waals surface area contributed by atoms with Gasteiger partial charge in [0, 0.05) is 6.42 Å². The molecular formula is C15H22O2. The molecule has 2 atom stereocenters. The highest BCUT2D eigenvalue weighted by Crippen LogP contribution is 2.51. The summed E-state index contributed by atoms with van der Waals surface area (Å²) in [4.78, 5) is 11.6. The number of rotatable bonds is 1. The number of allylic oxidation sites excluding steroid dienone is 3. The van der Waals surface area contributed by atoms with Crippen LogP contribution in [-0.4, -0.2) is 17.5 Å². The second-order valence-electron chi connectivity index (χ2n) is 5.88. The standard InChI is InChI=1S/C15H22O2/c1-10(9-16)12-4-5-13-7-14(17)6-11(2)15(13,3)8-12/h7,11,16H,4-6,8-9H2,1-3H3/b12-10+/t11-,15+/m1/s1. The number of carbonyl (C=O) groups is 1. The Morgan fingerprint density at radius 1 is 1.53 bits per heavy atom. The number of aliphatic hydroxyl groups is 1. The Labute approximate surface area is 103 Å². The first-order valence-electron chi connectivity index (χ1n) is 6.49. The van der Waals surface area contributed by atoms with Crippen molar-refractivity contribution in [2.45, 2.75) is 46.5 Å². The van der Waals surface area contributed by atoms with Crippen LogP contribution in [0, 0.1) is 11.3 Å². The normalized spacial score (nSPS) is 36.4. The molecule has 17 heavy (non-hydrogen) atoms. The van der Waals surface area contributed by atoms with Crippen LogP contribution >= 0.6 is 0 Å². The van der Waals surface area contributed by atoms with Gasteiger partial charge in [-0.15, -0.1) is 0 Å². The SMILES string of the molecule is C/C(CO)=C1/CCC2=CC(=O)C[C@@H](C)[C@]2(C)C1. The molecule has 94 valence electrons. The van der Waals surface area contributed by atoms with E-state index in [-0.39, 0.29) is 17.8 Å². The molecule has 2 nitrogen and oxygen atoms in total. The van der Waals surface area contributed by atoms with Crippen molar-refractivity contribution in [1.82, 2.24) is 0 Å². The Kier molecular flexibility index (Phi) is 3.26.